The molecule has 0 bridgehead atoms. The lowest BCUT2D eigenvalue weighted by Crippen LogP contribution is -2.33. The summed E-state index contributed by atoms with van der Waals surface area (Å²) in [6.45, 7) is 1.67. The Balaban J connectivity index is 0.00000133. The molecule has 1 heterocycles. The van der Waals surface area contributed by atoms with Crippen LogP contribution in [-0.2, 0) is 0 Å². The van der Waals surface area contributed by atoms with Gasteiger partial charge in [0.2, 0.25) is 0 Å². The Morgan fingerprint density at radius 2 is 1.89 bits per heavy atom. The van der Waals surface area contributed by atoms with Crippen LogP contribution in [0.3, 0.4) is 0 Å². The van der Waals surface area contributed by atoms with Crippen LogP contribution in [0.15, 0.2) is 24.3 Å². The molecule has 5 heteroatoms. The third-order valence-electron chi connectivity index (χ3n) is 4.29. The maximum absolute atomic E-state index is 12.3. The molecule has 3 atom stereocenters. The van der Waals surface area contributed by atoms with Crippen molar-refractivity contribution in [2.45, 2.75) is 18.9 Å². The van der Waals surface area contributed by atoms with Gasteiger partial charge in [0.05, 0.1) is 0 Å². The van der Waals surface area contributed by atoms with E-state index in [1.807, 2.05) is 4.90 Å². The van der Waals surface area contributed by atoms with E-state index < -0.39 is 0 Å². The average molecular weight is 301 g/mol. The Bertz CT molecular complexity index is 463. The Labute approximate surface area is 124 Å². The van der Waals surface area contributed by atoms with Crippen LogP contribution in [0.2, 0.25) is 5.02 Å². The minimum atomic E-state index is 0. The second-order valence-electron chi connectivity index (χ2n) is 5.38. The van der Waals surface area contributed by atoms with Crippen LogP contribution in [-0.4, -0.2) is 29.9 Å². The Hall–Kier alpha value is -0.770. The molecule has 2 N–H and O–H groups in total. The number of nitrogens with zero attached hydrogens (tertiary/aromatic N) is 1. The molecule has 2 fully saturated rings. The first-order valence-electron chi connectivity index (χ1n) is 6.45. The number of hydrogen-bond donors (Lipinski definition) is 1. The summed E-state index contributed by atoms with van der Waals surface area (Å²) in [6.07, 6.45) is 2.27. The van der Waals surface area contributed by atoms with Gasteiger partial charge >= 0.3 is 0 Å². The molecule has 3 rings (SSSR count). The van der Waals surface area contributed by atoms with Crippen molar-refractivity contribution in [3.8, 4) is 0 Å². The molecule has 0 aromatic heterocycles. The molecule has 1 aromatic carbocycles. The zero-order valence-electron chi connectivity index (χ0n) is 10.6. The van der Waals surface area contributed by atoms with Gasteiger partial charge < -0.3 is 10.6 Å². The van der Waals surface area contributed by atoms with E-state index in [2.05, 4.69) is 0 Å². The van der Waals surface area contributed by atoms with E-state index in [9.17, 15) is 4.79 Å². The molecule has 1 aromatic rings. The standard InChI is InChI=1S/C14H17ClN2O.ClH/c15-11-4-1-9(2-5-11)14(18)17-7-10-3-6-13(16)12(10)8-17;/h1-2,4-5,10,12-13H,3,6-8,16H2;1H. The highest BCUT2D eigenvalue weighted by Gasteiger charge is 2.42. The molecular weight excluding hydrogens is 283 g/mol. The van der Waals surface area contributed by atoms with Crippen LogP contribution >= 0.6 is 24.0 Å². The summed E-state index contributed by atoms with van der Waals surface area (Å²) in [5.74, 6) is 1.21. The van der Waals surface area contributed by atoms with Crippen molar-refractivity contribution in [2.24, 2.45) is 17.6 Å². The highest BCUT2D eigenvalue weighted by Crippen LogP contribution is 2.37. The first-order valence-corrected chi connectivity index (χ1v) is 6.83. The minimum absolute atomic E-state index is 0. The predicted molar refractivity (Wildman–Crippen MR) is 78.8 cm³/mol. The highest BCUT2D eigenvalue weighted by atomic mass is 35.5. The number of hydrogen-bond acceptors (Lipinski definition) is 2. The summed E-state index contributed by atoms with van der Waals surface area (Å²) in [4.78, 5) is 14.3. The molecule has 1 saturated carbocycles. The van der Waals surface area contributed by atoms with Crippen molar-refractivity contribution in [3.05, 3.63) is 34.9 Å². The summed E-state index contributed by atoms with van der Waals surface area (Å²) >= 11 is 5.83. The van der Waals surface area contributed by atoms with Crippen molar-refractivity contribution >= 4 is 29.9 Å². The van der Waals surface area contributed by atoms with E-state index in [1.165, 1.54) is 0 Å². The number of halogens is 2. The predicted octanol–water partition coefficient (Wildman–Crippen LogP) is 2.57. The lowest BCUT2D eigenvalue weighted by molar-refractivity contribution is 0.0779. The summed E-state index contributed by atoms with van der Waals surface area (Å²) in [5.41, 5.74) is 6.80. The largest absolute Gasteiger partial charge is 0.338 e. The van der Waals surface area contributed by atoms with Gasteiger partial charge in [-0.2, -0.15) is 0 Å². The summed E-state index contributed by atoms with van der Waals surface area (Å²) in [6, 6.07) is 7.38. The second kappa shape index (κ2) is 5.70. The Morgan fingerprint density at radius 1 is 1.21 bits per heavy atom. The fraction of sp³-hybridized carbons (Fsp3) is 0.500. The topological polar surface area (TPSA) is 46.3 Å². The van der Waals surface area contributed by atoms with Gasteiger partial charge in [0.1, 0.15) is 0 Å². The monoisotopic (exact) mass is 300 g/mol. The maximum Gasteiger partial charge on any atom is 0.253 e. The number of rotatable bonds is 1. The molecule has 0 radical (unpaired) electrons. The van der Waals surface area contributed by atoms with E-state index in [0.29, 0.717) is 22.4 Å². The first kappa shape index (κ1) is 14.6. The Morgan fingerprint density at radius 3 is 2.53 bits per heavy atom. The van der Waals surface area contributed by atoms with Crippen molar-refractivity contribution in [1.82, 2.24) is 4.90 Å². The number of carbonyl (C=O) groups is 1. The van der Waals surface area contributed by atoms with Crippen molar-refractivity contribution < 1.29 is 4.79 Å². The normalized spacial score (nSPS) is 28.9. The molecule has 2 aliphatic rings. The molecule has 3 unspecified atom stereocenters. The molecular formula is C14H18Cl2N2O. The van der Waals surface area contributed by atoms with Crippen LogP contribution in [0.4, 0.5) is 0 Å². The van der Waals surface area contributed by atoms with Crippen molar-refractivity contribution in [1.29, 1.82) is 0 Å². The molecule has 1 aliphatic carbocycles. The van der Waals surface area contributed by atoms with E-state index >= 15 is 0 Å². The third kappa shape index (κ3) is 2.73. The van der Waals surface area contributed by atoms with E-state index in [0.717, 1.165) is 25.9 Å². The lowest BCUT2D eigenvalue weighted by Gasteiger charge is -2.18. The van der Waals surface area contributed by atoms with Crippen LogP contribution in [0.5, 0.6) is 0 Å². The number of carbonyl (C=O) groups excluding carboxylic acids is 1. The van der Waals surface area contributed by atoms with E-state index in [1.54, 1.807) is 24.3 Å². The summed E-state index contributed by atoms with van der Waals surface area (Å²) in [7, 11) is 0. The number of benzene rings is 1. The third-order valence-corrected chi connectivity index (χ3v) is 4.54. The first-order chi connectivity index (χ1) is 8.65. The minimum Gasteiger partial charge on any atom is -0.338 e. The number of likely N-dealkylation sites (tertiary alicyclic amines) is 1. The molecule has 0 spiro atoms. The smallest absolute Gasteiger partial charge is 0.253 e. The van der Waals surface area contributed by atoms with Crippen molar-refractivity contribution in [3.63, 3.8) is 0 Å². The van der Waals surface area contributed by atoms with Gasteiger partial charge in [-0.3, -0.25) is 4.79 Å². The fourth-order valence-corrected chi connectivity index (χ4v) is 3.37. The summed E-state index contributed by atoms with van der Waals surface area (Å²) in [5, 5.41) is 0.659. The van der Waals surface area contributed by atoms with Crippen LogP contribution in [0.25, 0.3) is 0 Å². The second-order valence-corrected chi connectivity index (χ2v) is 5.82. The Kier molecular flexibility index (Phi) is 4.39. The molecule has 104 valence electrons. The zero-order valence-corrected chi connectivity index (χ0v) is 12.2. The van der Waals surface area contributed by atoms with Gasteiger partial charge in [-0.1, -0.05) is 11.6 Å². The van der Waals surface area contributed by atoms with Gasteiger partial charge in [-0.25, -0.2) is 0 Å². The van der Waals surface area contributed by atoms with Gasteiger partial charge in [-0.15, -0.1) is 12.4 Å². The average Bonchev–Trinajstić information content (AvgIpc) is 2.92. The van der Waals surface area contributed by atoms with E-state index in [-0.39, 0.29) is 24.4 Å². The quantitative estimate of drug-likeness (QED) is 0.866. The maximum atomic E-state index is 12.3. The van der Waals surface area contributed by atoms with Crippen LogP contribution < -0.4 is 5.73 Å². The van der Waals surface area contributed by atoms with Gasteiger partial charge in [0.25, 0.3) is 5.91 Å². The van der Waals surface area contributed by atoms with Crippen LogP contribution in [0, 0.1) is 11.8 Å². The van der Waals surface area contributed by atoms with Gasteiger partial charge in [-0.05, 0) is 48.9 Å². The SMILES string of the molecule is Cl.NC1CCC2CN(C(=O)c3ccc(Cl)cc3)CC12. The van der Waals surface area contributed by atoms with Gasteiger partial charge in [0.15, 0.2) is 0 Å². The molecule has 19 heavy (non-hydrogen) atoms. The molecule has 1 aliphatic heterocycles. The highest BCUT2D eigenvalue weighted by molar-refractivity contribution is 6.30. The molecule has 1 saturated heterocycles. The number of fused-ring (bicyclic) bond motifs is 1. The van der Waals surface area contributed by atoms with Gasteiger partial charge in [0, 0.05) is 29.7 Å². The van der Waals surface area contributed by atoms with Crippen molar-refractivity contribution in [2.75, 3.05) is 13.1 Å². The fourth-order valence-electron chi connectivity index (χ4n) is 3.25. The molecule has 3 nitrogen and oxygen atoms in total. The summed E-state index contributed by atoms with van der Waals surface area (Å²) < 4.78 is 0. The number of nitrogens with two attached hydrogens (primary N) is 1. The van der Waals surface area contributed by atoms with E-state index in [4.69, 9.17) is 17.3 Å². The molecule has 1 amide bonds. The van der Waals surface area contributed by atoms with Crippen LogP contribution in [0.1, 0.15) is 23.2 Å². The number of amides is 1. The lowest BCUT2D eigenvalue weighted by atomic mass is 9.98. The zero-order chi connectivity index (χ0) is 12.7.